The lowest BCUT2D eigenvalue weighted by atomic mass is 10.0. The molecule has 0 fully saturated rings. The maximum Gasteiger partial charge on any atom is 0.138 e. The van der Waals surface area contributed by atoms with Gasteiger partial charge in [-0.2, -0.15) is 0 Å². The number of nitrogens with zero attached hydrogens (tertiary/aromatic N) is 2. The van der Waals surface area contributed by atoms with Gasteiger partial charge in [-0.05, 0) is 69.8 Å². The van der Waals surface area contributed by atoms with Gasteiger partial charge in [0.05, 0.1) is 17.6 Å². The van der Waals surface area contributed by atoms with Crippen molar-refractivity contribution in [3.63, 3.8) is 0 Å². The van der Waals surface area contributed by atoms with Gasteiger partial charge in [-0.3, -0.25) is 0 Å². The van der Waals surface area contributed by atoms with Gasteiger partial charge in [0.15, 0.2) is 0 Å². The number of H-pyrrole nitrogens is 1. The predicted octanol–water partition coefficient (Wildman–Crippen LogP) is 6.53. The van der Waals surface area contributed by atoms with E-state index in [-0.39, 0.29) is 0 Å². The minimum absolute atomic E-state index is 0.691. The molecule has 4 nitrogen and oxygen atoms in total. The van der Waals surface area contributed by atoms with Crippen LogP contribution in [0, 0.1) is 13.8 Å². The van der Waals surface area contributed by atoms with E-state index in [4.69, 9.17) is 9.72 Å². The fourth-order valence-electron chi connectivity index (χ4n) is 4.04. The van der Waals surface area contributed by atoms with E-state index in [0.717, 1.165) is 57.6 Å². The Labute approximate surface area is 198 Å². The number of rotatable bonds is 8. The Kier molecular flexibility index (Phi) is 6.97. The number of fused-ring (bicyclic) bond motifs is 1. The summed E-state index contributed by atoms with van der Waals surface area (Å²) < 4.78 is 7.25. The number of aromatic amines is 1. The molecule has 0 spiro atoms. The van der Waals surface area contributed by atoms with Crippen molar-refractivity contribution >= 4 is 27.0 Å². The van der Waals surface area contributed by atoms with Crippen molar-refractivity contribution in [2.75, 3.05) is 27.2 Å². The Hall–Kier alpha value is -2.63. The second-order valence-corrected chi connectivity index (χ2v) is 9.57. The van der Waals surface area contributed by atoms with Gasteiger partial charge < -0.3 is 14.6 Å². The largest absolute Gasteiger partial charge is 0.493 e. The number of benzene rings is 3. The van der Waals surface area contributed by atoms with Crippen LogP contribution in [0.5, 0.6) is 5.75 Å². The Balaban J connectivity index is 1.73. The third-order valence-corrected chi connectivity index (χ3v) is 6.26. The molecule has 0 aliphatic heterocycles. The Morgan fingerprint density at radius 1 is 0.969 bits per heavy atom. The van der Waals surface area contributed by atoms with Crippen molar-refractivity contribution in [1.82, 2.24) is 14.9 Å². The maximum atomic E-state index is 6.14. The topological polar surface area (TPSA) is 41.1 Å². The average Bonchev–Trinajstić information content (AvgIpc) is 3.17. The number of aryl methyl sites for hydroxylation is 2. The molecular formula is C27H30BrN3O. The first-order valence-electron chi connectivity index (χ1n) is 11.0. The average molecular weight is 492 g/mol. The molecule has 0 amide bonds. The number of nitrogens with one attached hydrogen (secondary N) is 1. The second-order valence-electron chi connectivity index (χ2n) is 8.71. The van der Waals surface area contributed by atoms with Crippen LogP contribution in [0.4, 0.5) is 0 Å². The molecule has 1 heterocycles. The number of aromatic nitrogens is 2. The van der Waals surface area contributed by atoms with Gasteiger partial charge in [0.1, 0.15) is 11.6 Å². The summed E-state index contributed by atoms with van der Waals surface area (Å²) in [5.41, 5.74) is 7.97. The number of halogens is 1. The van der Waals surface area contributed by atoms with Crippen LogP contribution in [0.25, 0.3) is 22.4 Å². The molecule has 4 aromatic rings. The Morgan fingerprint density at radius 3 is 2.44 bits per heavy atom. The molecule has 32 heavy (non-hydrogen) atoms. The van der Waals surface area contributed by atoms with Crippen LogP contribution in [0.2, 0.25) is 0 Å². The van der Waals surface area contributed by atoms with Crippen molar-refractivity contribution in [2.45, 2.75) is 26.7 Å². The number of imidazole rings is 1. The van der Waals surface area contributed by atoms with E-state index in [2.05, 4.69) is 102 Å². The van der Waals surface area contributed by atoms with Gasteiger partial charge in [0, 0.05) is 29.1 Å². The molecule has 3 aromatic carbocycles. The number of hydrogen-bond donors (Lipinski definition) is 1. The van der Waals surface area contributed by atoms with Crippen molar-refractivity contribution in [3.05, 3.63) is 81.3 Å². The van der Waals surface area contributed by atoms with Gasteiger partial charge in [-0.1, -0.05) is 51.3 Å². The normalized spacial score (nSPS) is 11.4. The smallest absolute Gasteiger partial charge is 0.138 e. The van der Waals surface area contributed by atoms with Crippen molar-refractivity contribution in [1.29, 1.82) is 0 Å². The van der Waals surface area contributed by atoms with E-state index >= 15 is 0 Å². The lowest BCUT2D eigenvalue weighted by Gasteiger charge is -2.12. The van der Waals surface area contributed by atoms with E-state index in [1.807, 2.05) is 6.07 Å². The summed E-state index contributed by atoms with van der Waals surface area (Å²) in [4.78, 5) is 10.7. The second kappa shape index (κ2) is 9.88. The van der Waals surface area contributed by atoms with Crippen LogP contribution in [-0.4, -0.2) is 42.1 Å². The van der Waals surface area contributed by atoms with Crippen molar-refractivity contribution in [3.8, 4) is 17.1 Å². The van der Waals surface area contributed by atoms with E-state index < -0.39 is 0 Å². The van der Waals surface area contributed by atoms with Crippen LogP contribution in [0.1, 0.15) is 28.7 Å². The molecule has 1 N–H and O–H groups in total. The van der Waals surface area contributed by atoms with E-state index in [9.17, 15) is 0 Å². The molecule has 5 heteroatoms. The first-order valence-corrected chi connectivity index (χ1v) is 11.8. The monoisotopic (exact) mass is 491 g/mol. The molecule has 0 atom stereocenters. The summed E-state index contributed by atoms with van der Waals surface area (Å²) in [5.74, 6) is 1.78. The summed E-state index contributed by atoms with van der Waals surface area (Å²) in [5, 5.41) is 0. The SMILES string of the molecule is Cc1cc(C)cc(-c2nc3c(Cc4ccccc4Br)cc(OCCCN(C)C)cc3[nH]2)c1. The molecule has 4 rings (SSSR count). The van der Waals surface area contributed by atoms with Crippen LogP contribution in [-0.2, 0) is 6.42 Å². The minimum atomic E-state index is 0.691. The first kappa shape index (κ1) is 22.6. The maximum absolute atomic E-state index is 6.14. The molecule has 0 aliphatic rings. The lowest BCUT2D eigenvalue weighted by Crippen LogP contribution is -2.15. The lowest BCUT2D eigenvalue weighted by molar-refractivity contribution is 0.281. The van der Waals surface area contributed by atoms with Gasteiger partial charge in [0.25, 0.3) is 0 Å². The summed E-state index contributed by atoms with van der Waals surface area (Å²) in [7, 11) is 4.17. The molecule has 0 saturated heterocycles. The molecule has 166 valence electrons. The van der Waals surface area contributed by atoms with Gasteiger partial charge >= 0.3 is 0 Å². The van der Waals surface area contributed by atoms with Gasteiger partial charge in [-0.25, -0.2) is 4.98 Å². The summed E-state index contributed by atoms with van der Waals surface area (Å²) >= 11 is 3.69. The fraction of sp³-hybridized carbons (Fsp3) is 0.296. The molecular weight excluding hydrogens is 462 g/mol. The van der Waals surface area contributed by atoms with E-state index in [1.54, 1.807) is 0 Å². The van der Waals surface area contributed by atoms with Gasteiger partial charge in [-0.15, -0.1) is 0 Å². The summed E-state index contributed by atoms with van der Waals surface area (Å²) in [6.07, 6.45) is 1.77. The minimum Gasteiger partial charge on any atom is -0.493 e. The van der Waals surface area contributed by atoms with E-state index in [0.29, 0.717) is 6.61 Å². The quantitative estimate of drug-likeness (QED) is 0.285. The number of hydrogen-bond acceptors (Lipinski definition) is 3. The zero-order valence-electron chi connectivity index (χ0n) is 19.2. The number of ether oxygens (including phenoxy) is 1. The molecule has 0 unspecified atom stereocenters. The van der Waals surface area contributed by atoms with Crippen molar-refractivity contribution < 1.29 is 4.74 Å². The predicted molar refractivity (Wildman–Crippen MR) is 137 cm³/mol. The molecule has 0 bridgehead atoms. The highest BCUT2D eigenvalue weighted by Gasteiger charge is 2.14. The highest BCUT2D eigenvalue weighted by molar-refractivity contribution is 9.10. The van der Waals surface area contributed by atoms with E-state index in [1.165, 1.54) is 16.7 Å². The van der Waals surface area contributed by atoms with Crippen LogP contribution < -0.4 is 4.74 Å². The molecule has 0 saturated carbocycles. The Morgan fingerprint density at radius 2 is 1.72 bits per heavy atom. The summed E-state index contributed by atoms with van der Waals surface area (Å²) in [6, 6.07) is 19.1. The highest BCUT2D eigenvalue weighted by Crippen LogP contribution is 2.31. The third kappa shape index (κ3) is 5.40. The zero-order valence-corrected chi connectivity index (χ0v) is 20.8. The van der Waals surface area contributed by atoms with Crippen LogP contribution in [0.3, 0.4) is 0 Å². The first-order chi connectivity index (χ1) is 15.4. The summed E-state index contributed by atoms with van der Waals surface area (Å²) in [6.45, 7) is 5.94. The fourth-order valence-corrected chi connectivity index (χ4v) is 4.47. The highest BCUT2D eigenvalue weighted by atomic mass is 79.9. The van der Waals surface area contributed by atoms with Crippen LogP contribution in [0.15, 0.2) is 59.1 Å². The van der Waals surface area contributed by atoms with Crippen molar-refractivity contribution in [2.24, 2.45) is 0 Å². The molecule has 0 radical (unpaired) electrons. The van der Waals surface area contributed by atoms with Gasteiger partial charge in [0.2, 0.25) is 0 Å². The molecule has 0 aliphatic carbocycles. The molecule has 1 aromatic heterocycles. The Bertz CT molecular complexity index is 1210. The standard InChI is InChI=1S/C27H30BrN3O/c1-18-12-19(2)14-22(13-18)27-29-25-17-23(32-11-7-10-31(3)4)16-21(26(25)30-27)15-20-8-5-6-9-24(20)28/h5-6,8-9,12-14,16-17H,7,10-11,15H2,1-4H3,(H,29,30). The van der Waals surface area contributed by atoms with Crippen LogP contribution >= 0.6 is 15.9 Å². The zero-order chi connectivity index (χ0) is 22.7. The third-order valence-electron chi connectivity index (χ3n) is 5.49.